The number of ether oxygens (including phenoxy) is 1. The first-order chi connectivity index (χ1) is 12.2. The number of benzene rings is 2. The second kappa shape index (κ2) is 7.66. The Morgan fingerprint density at radius 2 is 1.92 bits per heavy atom. The van der Waals surface area contributed by atoms with E-state index < -0.39 is 0 Å². The molecule has 0 radical (unpaired) electrons. The van der Waals surface area contributed by atoms with Gasteiger partial charge in [0.25, 0.3) is 5.91 Å². The van der Waals surface area contributed by atoms with Crippen LogP contribution >= 0.6 is 0 Å². The molecule has 0 atom stereocenters. The highest BCUT2D eigenvalue weighted by Gasteiger charge is 2.15. The quantitative estimate of drug-likeness (QED) is 0.721. The predicted octanol–water partition coefficient (Wildman–Crippen LogP) is 3.76. The van der Waals surface area contributed by atoms with E-state index in [9.17, 15) is 4.79 Å². The van der Waals surface area contributed by atoms with Gasteiger partial charge in [-0.05, 0) is 43.5 Å². The fraction of sp³-hybridized carbons (Fsp3) is 0.200. The van der Waals surface area contributed by atoms with Gasteiger partial charge >= 0.3 is 0 Å². The smallest absolute Gasteiger partial charge is 0.255 e. The van der Waals surface area contributed by atoms with Crippen LogP contribution < -0.4 is 10.1 Å². The molecule has 2 aromatic carbocycles. The van der Waals surface area contributed by atoms with Gasteiger partial charge in [-0.25, -0.2) is 0 Å². The summed E-state index contributed by atoms with van der Waals surface area (Å²) in [6.07, 6.45) is 1.62. The van der Waals surface area contributed by atoms with Crippen molar-refractivity contribution in [2.75, 3.05) is 12.4 Å². The monoisotopic (exact) mass is 335 g/mol. The largest absolute Gasteiger partial charge is 0.497 e. The van der Waals surface area contributed by atoms with Gasteiger partial charge in [0.05, 0.1) is 24.2 Å². The van der Waals surface area contributed by atoms with Crippen LogP contribution in [0.15, 0.2) is 54.6 Å². The number of nitrogens with one attached hydrogen (secondary N) is 2. The average Bonchev–Trinajstić information content (AvgIpc) is 3.00. The molecule has 1 amide bonds. The van der Waals surface area contributed by atoms with Crippen molar-refractivity contribution in [3.8, 4) is 5.75 Å². The lowest BCUT2D eigenvalue weighted by atomic mass is 10.1. The lowest BCUT2D eigenvalue weighted by Crippen LogP contribution is -2.13. The third-order valence-electron chi connectivity index (χ3n) is 4.09. The summed E-state index contributed by atoms with van der Waals surface area (Å²) in [6, 6.07) is 17.3. The van der Waals surface area contributed by atoms with Crippen molar-refractivity contribution in [2.45, 2.75) is 19.8 Å². The first kappa shape index (κ1) is 16.8. The molecule has 1 heterocycles. The van der Waals surface area contributed by atoms with E-state index in [1.807, 2.05) is 31.2 Å². The van der Waals surface area contributed by atoms with E-state index >= 15 is 0 Å². The van der Waals surface area contributed by atoms with Crippen molar-refractivity contribution in [3.05, 3.63) is 77.1 Å². The van der Waals surface area contributed by atoms with Crippen LogP contribution in [0.2, 0.25) is 0 Å². The van der Waals surface area contributed by atoms with Crippen molar-refractivity contribution < 1.29 is 9.53 Å². The van der Waals surface area contributed by atoms with Gasteiger partial charge < -0.3 is 10.1 Å². The van der Waals surface area contributed by atoms with Gasteiger partial charge in [-0.3, -0.25) is 9.89 Å². The number of aromatic nitrogens is 2. The number of hydrogen-bond donors (Lipinski definition) is 2. The van der Waals surface area contributed by atoms with Gasteiger partial charge in [0.2, 0.25) is 0 Å². The number of rotatable bonds is 6. The molecular formula is C20H21N3O2. The Kier molecular flexibility index (Phi) is 5.14. The predicted molar refractivity (Wildman–Crippen MR) is 98.1 cm³/mol. The van der Waals surface area contributed by atoms with Crippen molar-refractivity contribution in [2.24, 2.45) is 0 Å². The summed E-state index contributed by atoms with van der Waals surface area (Å²) in [6.45, 7) is 1.90. The summed E-state index contributed by atoms with van der Waals surface area (Å²) in [5.41, 5.74) is 4.25. The van der Waals surface area contributed by atoms with Crippen LogP contribution in [-0.4, -0.2) is 23.2 Å². The van der Waals surface area contributed by atoms with E-state index in [2.05, 4.69) is 27.6 Å². The molecule has 0 saturated heterocycles. The summed E-state index contributed by atoms with van der Waals surface area (Å²) in [4.78, 5) is 12.6. The molecule has 0 spiro atoms. The normalized spacial score (nSPS) is 10.5. The molecule has 0 aliphatic rings. The van der Waals surface area contributed by atoms with Crippen LogP contribution in [-0.2, 0) is 12.8 Å². The maximum atomic E-state index is 12.6. The lowest BCUT2D eigenvalue weighted by molar-refractivity contribution is 0.102. The number of methoxy groups -OCH3 is 1. The second-order valence-corrected chi connectivity index (χ2v) is 5.84. The summed E-state index contributed by atoms with van der Waals surface area (Å²) in [7, 11) is 1.58. The average molecular weight is 335 g/mol. The minimum Gasteiger partial charge on any atom is -0.497 e. The zero-order valence-corrected chi connectivity index (χ0v) is 14.4. The lowest BCUT2D eigenvalue weighted by Gasteiger charge is -2.08. The molecule has 0 aliphatic heterocycles. The molecule has 1 aromatic heterocycles. The number of carbonyl (C=O) groups excluding carboxylic acids is 1. The van der Waals surface area contributed by atoms with E-state index in [0.29, 0.717) is 11.3 Å². The van der Waals surface area contributed by atoms with E-state index in [-0.39, 0.29) is 5.91 Å². The van der Waals surface area contributed by atoms with Crippen LogP contribution in [0.25, 0.3) is 0 Å². The van der Waals surface area contributed by atoms with Gasteiger partial charge in [-0.2, -0.15) is 5.10 Å². The molecule has 0 unspecified atom stereocenters. The first-order valence-corrected chi connectivity index (χ1v) is 8.20. The van der Waals surface area contributed by atoms with E-state index in [1.165, 1.54) is 5.56 Å². The molecule has 5 heteroatoms. The topological polar surface area (TPSA) is 67.0 Å². The molecule has 0 bridgehead atoms. The van der Waals surface area contributed by atoms with Crippen LogP contribution in [0.5, 0.6) is 5.75 Å². The Balaban J connectivity index is 1.73. The number of H-pyrrole nitrogens is 1. The summed E-state index contributed by atoms with van der Waals surface area (Å²) >= 11 is 0. The van der Waals surface area contributed by atoms with Crippen LogP contribution in [0, 0.1) is 6.92 Å². The van der Waals surface area contributed by atoms with E-state index in [1.54, 1.807) is 25.3 Å². The highest BCUT2D eigenvalue weighted by Crippen LogP contribution is 2.21. The highest BCUT2D eigenvalue weighted by atomic mass is 16.5. The molecule has 0 saturated carbocycles. The summed E-state index contributed by atoms with van der Waals surface area (Å²) in [5, 5.41) is 10.3. The SMILES string of the molecule is COc1cccc(C(=O)Nc2c(CCc3ccccc3)n[nH]c2C)c1. The van der Waals surface area contributed by atoms with E-state index in [4.69, 9.17) is 4.74 Å². The van der Waals surface area contributed by atoms with Gasteiger partial charge in [0.1, 0.15) is 5.75 Å². The number of nitrogens with zero attached hydrogens (tertiary/aromatic N) is 1. The van der Waals surface area contributed by atoms with Crippen molar-refractivity contribution >= 4 is 11.6 Å². The van der Waals surface area contributed by atoms with Crippen molar-refractivity contribution in [3.63, 3.8) is 0 Å². The fourth-order valence-electron chi connectivity index (χ4n) is 2.68. The molecule has 5 nitrogen and oxygen atoms in total. The molecule has 0 aliphatic carbocycles. The number of amides is 1. The fourth-order valence-corrected chi connectivity index (χ4v) is 2.68. The highest BCUT2D eigenvalue weighted by molar-refractivity contribution is 6.05. The molecule has 25 heavy (non-hydrogen) atoms. The zero-order chi connectivity index (χ0) is 17.6. The molecule has 3 rings (SSSR count). The third-order valence-corrected chi connectivity index (χ3v) is 4.09. The standard InChI is InChI=1S/C20H21N3O2/c1-14-19(21-20(24)16-9-6-10-17(13-16)25-2)18(23-22-14)12-11-15-7-4-3-5-8-15/h3-10,13H,11-12H2,1-2H3,(H,21,24)(H,22,23). The Morgan fingerprint density at radius 1 is 1.12 bits per heavy atom. The molecule has 2 N–H and O–H groups in total. The number of carbonyl (C=O) groups is 1. The molecule has 0 fully saturated rings. The number of hydrogen-bond acceptors (Lipinski definition) is 3. The van der Waals surface area contributed by atoms with Gasteiger partial charge in [0, 0.05) is 5.56 Å². The van der Waals surface area contributed by atoms with Crippen molar-refractivity contribution in [1.82, 2.24) is 10.2 Å². The maximum absolute atomic E-state index is 12.6. The van der Waals surface area contributed by atoms with Crippen molar-refractivity contribution in [1.29, 1.82) is 0 Å². The summed E-state index contributed by atoms with van der Waals surface area (Å²) < 4.78 is 5.18. The van der Waals surface area contributed by atoms with Crippen LogP contribution in [0.1, 0.15) is 27.3 Å². The van der Waals surface area contributed by atoms with Crippen LogP contribution in [0.3, 0.4) is 0 Å². The maximum Gasteiger partial charge on any atom is 0.255 e. The Hall–Kier alpha value is -3.08. The number of aromatic amines is 1. The van der Waals surface area contributed by atoms with E-state index in [0.717, 1.165) is 29.9 Å². The van der Waals surface area contributed by atoms with Gasteiger partial charge in [0.15, 0.2) is 0 Å². The number of anilines is 1. The molecule has 3 aromatic rings. The number of aryl methyl sites for hydroxylation is 3. The minimum absolute atomic E-state index is 0.177. The van der Waals surface area contributed by atoms with Gasteiger partial charge in [-0.15, -0.1) is 0 Å². The Labute approximate surface area is 147 Å². The van der Waals surface area contributed by atoms with Crippen LogP contribution in [0.4, 0.5) is 5.69 Å². The first-order valence-electron chi connectivity index (χ1n) is 8.20. The second-order valence-electron chi connectivity index (χ2n) is 5.84. The third kappa shape index (κ3) is 4.07. The minimum atomic E-state index is -0.177. The summed E-state index contributed by atoms with van der Waals surface area (Å²) in [5.74, 6) is 0.477. The Bertz CT molecular complexity index is 856. The zero-order valence-electron chi connectivity index (χ0n) is 14.4. The Morgan fingerprint density at radius 3 is 2.68 bits per heavy atom. The molecular weight excluding hydrogens is 314 g/mol. The van der Waals surface area contributed by atoms with Gasteiger partial charge in [-0.1, -0.05) is 36.4 Å². The molecule has 128 valence electrons.